The molecular formula is C10H7F3O2S. The summed E-state index contributed by atoms with van der Waals surface area (Å²) in [4.78, 5) is 10.2. The molecule has 0 atom stereocenters. The molecule has 1 rings (SSSR count). The van der Waals surface area contributed by atoms with Crippen molar-refractivity contribution in [2.24, 2.45) is 0 Å². The summed E-state index contributed by atoms with van der Waals surface area (Å²) in [6.07, 6.45) is 1.94. The highest BCUT2D eigenvalue weighted by atomic mass is 32.2. The highest BCUT2D eigenvalue weighted by molar-refractivity contribution is 8.00. The van der Waals surface area contributed by atoms with Crippen LogP contribution in [0.15, 0.2) is 35.2 Å². The van der Waals surface area contributed by atoms with Crippen molar-refractivity contribution in [1.82, 2.24) is 0 Å². The first-order valence-electron chi connectivity index (χ1n) is 4.14. The van der Waals surface area contributed by atoms with Crippen LogP contribution in [0.1, 0.15) is 5.56 Å². The molecule has 1 aromatic rings. The molecule has 6 heteroatoms. The number of rotatable bonds is 3. The van der Waals surface area contributed by atoms with Crippen molar-refractivity contribution in [1.29, 1.82) is 0 Å². The van der Waals surface area contributed by atoms with E-state index in [1.54, 1.807) is 6.07 Å². The van der Waals surface area contributed by atoms with Crippen LogP contribution in [0.2, 0.25) is 0 Å². The van der Waals surface area contributed by atoms with Crippen LogP contribution >= 0.6 is 11.8 Å². The lowest BCUT2D eigenvalue weighted by atomic mass is 10.2. The van der Waals surface area contributed by atoms with E-state index in [1.165, 1.54) is 18.2 Å². The third-order valence-electron chi connectivity index (χ3n) is 1.55. The predicted molar refractivity (Wildman–Crippen MR) is 55.0 cm³/mol. The summed E-state index contributed by atoms with van der Waals surface area (Å²) >= 11 is -0.265. The second-order valence-electron chi connectivity index (χ2n) is 2.76. The van der Waals surface area contributed by atoms with Gasteiger partial charge in [0.25, 0.3) is 0 Å². The first kappa shape index (κ1) is 12.6. The highest BCUT2D eigenvalue weighted by Gasteiger charge is 2.29. The Morgan fingerprint density at radius 2 is 1.94 bits per heavy atom. The minimum atomic E-state index is -4.38. The van der Waals surface area contributed by atoms with Crippen LogP contribution in [0.4, 0.5) is 13.2 Å². The molecule has 0 unspecified atom stereocenters. The molecular weight excluding hydrogens is 241 g/mol. The average Bonchev–Trinajstić information content (AvgIpc) is 2.14. The molecule has 0 radical (unpaired) electrons. The molecule has 0 aliphatic heterocycles. The molecule has 86 valence electrons. The number of benzene rings is 1. The van der Waals surface area contributed by atoms with Crippen LogP contribution in [0, 0.1) is 0 Å². The van der Waals surface area contributed by atoms with Gasteiger partial charge in [-0.2, -0.15) is 13.2 Å². The first-order valence-corrected chi connectivity index (χ1v) is 4.96. The first-order chi connectivity index (χ1) is 7.38. The smallest absolute Gasteiger partial charge is 0.446 e. The Hall–Kier alpha value is -1.43. The molecule has 1 aromatic carbocycles. The Morgan fingerprint density at radius 1 is 1.31 bits per heavy atom. The van der Waals surface area contributed by atoms with Crippen LogP contribution in [-0.2, 0) is 4.79 Å². The summed E-state index contributed by atoms with van der Waals surface area (Å²) in [5.41, 5.74) is -4.15. The Bertz CT molecular complexity index is 413. The fourth-order valence-corrected chi connectivity index (χ4v) is 1.65. The Kier molecular flexibility index (Phi) is 4.00. The molecule has 0 aromatic heterocycles. The fraction of sp³-hybridized carbons (Fsp3) is 0.100. The number of alkyl halides is 3. The van der Waals surface area contributed by atoms with E-state index in [-0.39, 0.29) is 22.2 Å². The Morgan fingerprint density at radius 3 is 2.50 bits per heavy atom. The van der Waals surface area contributed by atoms with Crippen molar-refractivity contribution >= 4 is 23.8 Å². The van der Waals surface area contributed by atoms with Gasteiger partial charge in [0.2, 0.25) is 0 Å². The predicted octanol–water partition coefficient (Wildman–Crippen LogP) is 3.40. The van der Waals surface area contributed by atoms with Gasteiger partial charge in [-0.15, -0.1) is 0 Å². The minimum Gasteiger partial charge on any atom is -0.478 e. The number of hydrogen-bond donors (Lipinski definition) is 1. The zero-order valence-electron chi connectivity index (χ0n) is 7.86. The standard InChI is InChI=1S/C10H7F3O2S/c11-10(12,13)16-8-4-2-1-3-7(8)5-6-9(14)15/h1-6H,(H,14,15)/b6-5+. The van der Waals surface area contributed by atoms with Gasteiger partial charge in [-0.3, -0.25) is 0 Å². The monoisotopic (exact) mass is 248 g/mol. The molecule has 0 saturated carbocycles. The average molecular weight is 248 g/mol. The van der Waals surface area contributed by atoms with Gasteiger partial charge in [0.15, 0.2) is 0 Å². The van der Waals surface area contributed by atoms with Gasteiger partial charge < -0.3 is 5.11 Å². The molecule has 0 saturated heterocycles. The zero-order valence-corrected chi connectivity index (χ0v) is 8.68. The quantitative estimate of drug-likeness (QED) is 0.658. The van der Waals surface area contributed by atoms with Gasteiger partial charge in [0.1, 0.15) is 0 Å². The summed E-state index contributed by atoms with van der Waals surface area (Å²) in [5, 5.41) is 8.38. The largest absolute Gasteiger partial charge is 0.478 e. The molecule has 0 heterocycles. The number of hydrogen-bond acceptors (Lipinski definition) is 2. The number of carbonyl (C=O) groups is 1. The van der Waals surface area contributed by atoms with Crippen molar-refractivity contribution in [2.45, 2.75) is 10.4 Å². The topological polar surface area (TPSA) is 37.3 Å². The van der Waals surface area contributed by atoms with Crippen LogP contribution in [0.5, 0.6) is 0 Å². The highest BCUT2D eigenvalue weighted by Crippen LogP contribution is 2.38. The molecule has 0 fully saturated rings. The van der Waals surface area contributed by atoms with E-state index >= 15 is 0 Å². The van der Waals surface area contributed by atoms with E-state index in [4.69, 9.17) is 5.11 Å². The fourth-order valence-electron chi connectivity index (χ4n) is 0.997. The third-order valence-corrected chi connectivity index (χ3v) is 2.37. The van der Waals surface area contributed by atoms with Gasteiger partial charge in [-0.05, 0) is 29.5 Å². The summed E-state index contributed by atoms with van der Waals surface area (Å²) < 4.78 is 36.4. The zero-order chi connectivity index (χ0) is 12.2. The van der Waals surface area contributed by atoms with E-state index in [9.17, 15) is 18.0 Å². The molecule has 2 nitrogen and oxygen atoms in total. The number of aliphatic carboxylic acids is 1. The van der Waals surface area contributed by atoms with Gasteiger partial charge in [0.05, 0.1) is 0 Å². The Balaban J connectivity index is 2.96. The minimum absolute atomic E-state index is 0.0208. The third kappa shape index (κ3) is 4.39. The summed E-state index contributed by atoms with van der Waals surface area (Å²) in [6, 6.07) is 5.72. The Labute approximate surface area is 93.8 Å². The van der Waals surface area contributed by atoms with E-state index < -0.39 is 11.5 Å². The van der Waals surface area contributed by atoms with Gasteiger partial charge in [-0.25, -0.2) is 4.79 Å². The molecule has 0 bridgehead atoms. The normalized spacial score (nSPS) is 11.9. The lowest BCUT2D eigenvalue weighted by Crippen LogP contribution is -2.00. The van der Waals surface area contributed by atoms with E-state index in [1.807, 2.05) is 0 Å². The second kappa shape index (κ2) is 5.07. The maximum Gasteiger partial charge on any atom is 0.446 e. The number of thioether (sulfide) groups is 1. The molecule has 0 aliphatic carbocycles. The SMILES string of the molecule is O=C(O)/C=C/c1ccccc1SC(F)(F)F. The molecule has 0 aliphatic rings. The van der Waals surface area contributed by atoms with Gasteiger partial charge in [0, 0.05) is 11.0 Å². The number of carboxylic acid groups (broad SMARTS) is 1. The number of halogens is 3. The summed E-state index contributed by atoms with van der Waals surface area (Å²) in [5.74, 6) is -1.20. The van der Waals surface area contributed by atoms with Crippen molar-refractivity contribution in [2.75, 3.05) is 0 Å². The van der Waals surface area contributed by atoms with Crippen molar-refractivity contribution in [3.05, 3.63) is 35.9 Å². The van der Waals surface area contributed by atoms with Crippen LogP contribution in [0.25, 0.3) is 6.08 Å². The number of carboxylic acids is 1. The maximum atomic E-state index is 12.1. The van der Waals surface area contributed by atoms with Gasteiger partial charge >= 0.3 is 11.5 Å². The van der Waals surface area contributed by atoms with Gasteiger partial charge in [-0.1, -0.05) is 18.2 Å². The van der Waals surface area contributed by atoms with Crippen molar-refractivity contribution in [3.8, 4) is 0 Å². The molecule has 0 amide bonds. The lowest BCUT2D eigenvalue weighted by Gasteiger charge is -2.07. The van der Waals surface area contributed by atoms with E-state index in [0.717, 1.165) is 12.2 Å². The van der Waals surface area contributed by atoms with Crippen molar-refractivity contribution in [3.63, 3.8) is 0 Å². The summed E-state index contributed by atoms with van der Waals surface area (Å²) in [6.45, 7) is 0. The maximum absolute atomic E-state index is 12.1. The van der Waals surface area contributed by atoms with Crippen LogP contribution in [-0.4, -0.2) is 16.6 Å². The van der Waals surface area contributed by atoms with E-state index in [2.05, 4.69) is 0 Å². The van der Waals surface area contributed by atoms with Crippen LogP contribution in [0.3, 0.4) is 0 Å². The van der Waals surface area contributed by atoms with E-state index in [0.29, 0.717) is 0 Å². The van der Waals surface area contributed by atoms with Crippen molar-refractivity contribution < 1.29 is 23.1 Å². The van der Waals surface area contributed by atoms with Crippen LogP contribution < -0.4 is 0 Å². The lowest BCUT2D eigenvalue weighted by molar-refractivity contribution is -0.131. The second-order valence-corrected chi connectivity index (χ2v) is 3.86. The molecule has 1 N–H and O–H groups in total. The molecule has 16 heavy (non-hydrogen) atoms. The molecule has 0 spiro atoms. The summed E-state index contributed by atoms with van der Waals surface area (Å²) in [7, 11) is 0.